The summed E-state index contributed by atoms with van der Waals surface area (Å²) in [5, 5.41) is 15.8. The highest BCUT2D eigenvalue weighted by molar-refractivity contribution is 5.90. The fourth-order valence-electron chi connectivity index (χ4n) is 2.83. The minimum atomic E-state index is -0.552. The molecule has 0 spiro atoms. The third-order valence-electron chi connectivity index (χ3n) is 4.14. The molecule has 3 heterocycles. The number of imidazole rings is 1. The fourth-order valence-corrected chi connectivity index (χ4v) is 2.83. The molecule has 3 aromatic heterocycles. The third kappa shape index (κ3) is 2.54. The van der Waals surface area contributed by atoms with Crippen LogP contribution in [0.1, 0.15) is 21.7 Å². The number of carbonyl (C=O) groups is 1. The third-order valence-corrected chi connectivity index (χ3v) is 4.14. The Kier molecular flexibility index (Phi) is 3.74. The number of para-hydroxylation sites is 2. The van der Waals surface area contributed by atoms with Crippen molar-refractivity contribution < 1.29 is 4.79 Å². The fraction of sp³-hybridized carbons (Fsp3) is 0.0588. The first kappa shape index (κ1) is 16.2. The van der Waals surface area contributed by atoms with E-state index in [1.807, 2.05) is 6.07 Å². The highest BCUT2D eigenvalue weighted by Gasteiger charge is 2.16. The number of hydrogen-bond donors (Lipinski definition) is 3. The van der Waals surface area contributed by atoms with E-state index in [0.717, 1.165) is 0 Å². The number of H-pyrrole nitrogens is 1. The van der Waals surface area contributed by atoms with E-state index < -0.39 is 5.91 Å². The van der Waals surface area contributed by atoms with Gasteiger partial charge in [0.15, 0.2) is 5.65 Å². The van der Waals surface area contributed by atoms with Crippen LogP contribution < -0.4 is 21.6 Å². The van der Waals surface area contributed by atoms with Crippen molar-refractivity contribution in [2.24, 2.45) is 0 Å². The summed E-state index contributed by atoms with van der Waals surface area (Å²) in [6, 6.07) is 9.25. The molecule has 0 aliphatic rings. The molecule has 1 aromatic carbocycles. The van der Waals surface area contributed by atoms with Crippen molar-refractivity contribution in [3.63, 3.8) is 0 Å². The summed E-state index contributed by atoms with van der Waals surface area (Å²) in [7, 11) is 0. The molecule has 0 unspecified atom stereocenters. The minimum Gasteiger partial charge on any atom is -0.305 e. The van der Waals surface area contributed by atoms with Crippen molar-refractivity contribution in [1.29, 1.82) is 5.26 Å². The van der Waals surface area contributed by atoms with E-state index >= 15 is 0 Å². The Balaban J connectivity index is 1.85. The molecule has 4 rings (SSSR count). The highest BCUT2D eigenvalue weighted by atomic mass is 16.2. The van der Waals surface area contributed by atoms with E-state index in [9.17, 15) is 14.9 Å². The van der Waals surface area contributed by atoms with Crippen molar-refractivity contribution in [1.82, 2.24) is 35.4 Å². The number of nitrogens with one attached hydrogen (secondary N) is 3. The molecule has 0 aliphatic heterocycles. The quantitative estimate of drug-likeness (QED) is 0.420. The van der Waals surface area contributed by atoms with Crippen LogP contribution in [0.5, 0.6) is 0 Å². The van der Waals surface area contributed by atoms with Crippen LogP contribution in [0.2, 0.25) is 0 Å². The SMILES string of the molecule is Cc1c(C#N)c2nc3ccccc3n2c(=O)c1=CNNC(=O)c1ncn[nH]1. The maximum atomic E-state index is 13.0. The number of fused-ring (bicyclic) bond motifs is 3. The Hall–Kier alpha value is -4.26. The van der Waals surface area contributed by atoms with Gasteiger partial charge in [0.1, 0.15) is 12.4 Å². The number of hydrogen-bond acceptors (Lipinski definition) is 7. The molecule has 3 N–H and O–H groups in total. The van der Waals surface area contributed by atoms with Gasteiger partial charge >= 0.3 is 5.91 Å². The minimum absolute atomic E-state index is 0.0174. The van der Waals surface area contributed by atoms with Crippen LogP contribution in [0.15, 0.2) is 35.4 Å². The maximum Gasteiger partial charge on any atom is 0.306 e. The highest BCUT2D eigenvalue weighted by Crippen LogP contribution is 2.17. The van der Waals surface area contributed by atoms with Gasteiger partial charge in [0.05, 0.1) is 21.8 Å². The standard InChI is InChI=1S/C17H12N8O2/c1-9-10(6-18)15-22-12-4-2-3-5-13(12)25(15)17(27)11(9)7-20-24-16(26)14-19-8-21-23-14/h2-5,7-8,20H,1H3,(H,24,26)(H,19,21,23). The van der Waals surface area contributed by atoms with Gasteiger partial charge in [-0.1, -0.05) is 12.1 Å². The lowest BCUT2D eigenvalue weighted by molar-refractivity contribution is 0.0933. The number of nitriles is 1. The molecule has 0 atom stereocenters. The summed E-state index contributed by atoms with van der Waals surface area (Å²) in [5.74, 6) is -0.535. The Morgan fingerprint density at radius 2 is 2.19 bits per heavy atom. The summed E-state index contributed by atoms with van der Waals surface area (Å²) >= 11 is 0. The van der Waals surface area contributed by atoms with E-state index in [0.29, 0.717) is 27.8 Å². The molecule has 10 heteroatoms. The smallest absolute Gasteiger partial charge is 0.305 e. The molecular formula is C17H12N8O2. The zero-order chi connectivity index (χ0) is 19.0. The molecule has 4 aromatic rings. The number of carbonyl (C=O) groups excluding carboxylic acids is 1. The van der Waals surface area contributed by atoms with E-state index in [-0.39, 0.29) is 16.6 Å². The molecule has 27 heavy (non-hydrogen) atoms. The van der Waals surface area contributed by atoms with Crippen LogP contribution in [-0.4, -0.2) is 30.5 Å². The zero-order valence-corrected chi connectivity index (χ0v) is 14.0. The van der Waals surface area contributed by atoms with Gasteiger partial charge in [-0.15, -0.1) is 0 Å². The second-order valence-corrected chi connectivity index (χ2v) is 5.67. The van der Waals surface area contributed by atoms with E-state index in [2.05, 4.69) is 37.1 Å². The molecule has 0 saturated carbocycles. The number of rotatable bonds is 3. The van der Waals surface area contributed by atoms with Gasteiger partial charge in [0.2, 0.25) is 5.82 Å². The van der Waals surface area contributed by atoms with Crippen LogP contribution in [0.25, 0.3) is 22.9 Å². The first-order valence-corrected chi connectivity index (χ1v) is 7.87. The summed E-state index contributed by atoms with van der Waals surface area (Å²) in [6.45, 7) is 1.66. The van der Waals surface area contributed by atoms with E-state index in [1.165, 1.54) is 16.9 Å². The summed E-state index contributed by atoms with van der Waals surface area (Å²) < 4.78 is 1.40. The van der Waals surface area contributed by atoms with Crippen molar-refractivity contribution in [2.45, 2.75) is 6.92 Å². The molecule has 132 valence electrons. The average Bonchev–Trinajstić information content (AvgIpc) is 3.32. The normalized spacial score (nSPS) is 11.6. The Morgan fingerprint density at radius 1 is 1.37 bits per heavy atom. The lowest BCUT2D eigenvalue weighted by atomic mass is 10.1. The van der Waals surface area contributed by atoms with Crippen molar-refractivity contribution in [3.05, 3.63) is 63.1 Å². The van der Waals surface area contributed by atoms with E-state index in [4.69, 9.17) is 0 Å². The summed E-state index contributed by atoms with van der Waals surface area (Å²) in [6.07, 6.45) is 2.54. The van der Waals surface area contributed by atoms with E-state index in [1.54, 1.807) is 25.1 Å². The monoisotopic (exact) mass is 360 g/mol. The zero-order valence-electron chi connectivity index (χ0n) is 14.0. The van der Waals surface area contributed by atoms with Crippen molar-refractivity contribution in [3.8, 4) is 6.07 Å². The number of pyridine rings is 1. The maximum absolute atomic E-state index is 13.0. The number of hydrazine groups is 1. The largest absolute Gasteiger partial charge is 0.306 e. The average molecular weight is 360 g/mol. The molecule has 10 nitrogen and oxygen atoms in total. The molecule has 0 fully saturated rings. The van der Waals surface area contributed by atoms with Gasteiger partial charge in [-0.05, 0) is 24.6 Å². The predicted molar refractivity (Wildman–Crippen MR) is 95.1 cm³/mol. The van der Waals surface area contributed by atoms with Gasteiger partial charge in [-0.3, -0.25) is 24.5 Å². The number of amides is 1. The first-order valence-electron chi connectivity index (χ1n) is 7.87. The molecule has 1 amide bonds. The lowest BCUT2D eigenvalue weighted by Crippen LogP contribution is -2.40. The topological polar surface area (TPSA) is 141 Å². The summed E-state index contributed by atoms with van der Waals surface area (Å²) in [4.78, 5) is 33.0. The first-order chi connectivity index (χ1) is 13.1. The number of aromatic amines is 1. The van der Waals surface area contributed by atoms with Crippen LogP contribution >= 0.6 is 0 Å². The molecule has 0 bridgehead atoms. The summed E-state index contributed by atoms with van der Waals surface area (Å²) in [5.41, 5.74) is 6.89. The van der Waals surface area contributed by atoms with Crippen LogP contribution in [-0.2, 0) is 0 Å². The van der Waals surface area contributed by atoms with Crippen LogP contribution in [0.4, 0.5) is 0 Å². The second-order valence-electron chi connectivity index (χ2n) is 5.67. The van der Waals surface area contributed by atoms with Crippen molar-refractivity contribution >= 4 is 28.8 Å². The second kappa shape index (κ2) is 6.23. The Labute approximate surface area is 151 Å². The van der Waals surface area contributed by atoms with Crippen LogP contribution in [0.3, 0.4) is 0 Å². The van der Waals surface area contributed by atoms with Gasteiger partial charge in [-0.25, -0.2) is 9.97 Å². The Bertz CT molecular complexity index is 1330. The number of nitrogens with zero attached hydrogens (tertiary/aromatic N) is 5. The molecule has 0 radical (unpaired) electrons. The number of benzene rings is 1. The molecule has 0 saturated heterocycles. The molecule has 0 aliphatic carbocycles. The predicted octanol–water partition coefficient (Wildman–Crippen LogP) is -0.463. The van der Waals surface area contributed by atoms with Crippen molar-refractivity contribution in [2.75, 3.05) is 0 Å². The number of aromatic nitrogens is 5. The molecular weight excluding hydrogens is 348 g/mol. The van der Waals surface area contributed by atoms with Gasteiger partial charge in [0.25, 0.3) is 5.56 Å². The Morgan fingerprint density at radius 3 is 2.93 bits per heavy atom. The van der Waals surface area contributed by atoms with Gasteiger partial charge in [0, 0.05) is 6.20 Å². The van der Waals surface area contributed by atoms with Gasteiger partial charge < -0.3 is 5.43 Å². The lowest BCUT2D eigenvalue weighted by Gasteiger charge is -2.04. The van der Waals surface area contributed by atoms with Gasteiger partial charge in [-0.2, -0.15) is 10.4 Å². The van der Waals surface area contributed by atoms with Crippen LogP contribution in [0, 0.1) is 18.3 Å².